The van der Waals surface area contributed by atoms with Gasteiger partial charge in [-0.05, 0) is 41.5 Å². The first kappa shape index (κ1) is 15.8. The number of anilines is 1. The predicted molar refractivity (Wildman–Crippen MR) is 79.2 cm³/mol. The molecule has 0 aliphatic rings. The van der Waals surface area contributed by atoms with Crippen molar-refractivity contribution in [1.29, 1.82) is 0 Å². The van der Waals surface area contributed by atoms with Gasteiger partial charge in [0.15, 0.2) is 0 Å². The molecule has 1 unspecified atom stereocenters. The molecule has 2 rings (SSSR count). The van der Waals surface area contributed by atoms with Crippen LogP contribution in [0.4, 0.5) is 18.9 Å². The number of nitrogens with one attached hydrogen (secondary N) is 1. The van der Waals surface area contributed by atoms with Crippen LogP contribution in [-0.4, -0.2) is 0 Å². The molecule has 0 bridgehead atoms. The number of benzene rings is 2. The van der Waals surface area contributed by atoms with Crippen molar-refractivity contribution in [3.05, 3.63) is 63.6 Å². The number of nitrogens with two attached hydrogens (primary N) is 2. The minimum atomic E-state index is -4.40. The fourth-order valence-electron chi connectivity index (χ4n) is 2.06. The molecule has 0 heterocycles. The van der Waals surface area contributed by atoms with Gasteiger partial charge in [-0.1, -0.05) is 28.1 Å². The van der Waals surface area contributed by atoms with Gasteiger partial charge in [-0.3, -0.25) is 5.84 Å². The van der Waals surface area contributed by atoms with Crippen LogP contribution in [0.2, 0.25) is 0 Å². The molecule has 0 saturated carbocycles. The summed E-state index contributed by atoms with van der Waals surface area (Å²) < 4.78 is 39.2. The van der Waals surface area contributed by atoms with E-state index in [1.807, 2.05) is 0 Å². The van der Waals surface area contributed by atoms with E-state index in [2.05, 4.69) is 21.4 Å². The molecule has 3 nitrogen and oxygen atoms in total. The van der Waals surface area contributed by atoms with E-state index in [-0.39, 0.29) is 0 Å². The van der Waals surface area contributed by atoms with Gasteiger partial charge in [-0.25, -0.2) is 5.43 Å². The lowest BCUT2D eigenvalue weighted by atomic mass is 9.96. The summed E-state index contributed by atoms with van der Waals surface area (Å²) in [6, 6.07) is 9.49. The van der Waals surface area contributed by atoms with E-state index in [9.17, 15) is 13.2 Å². The maximum Gasteiger partial charge on any atom is 0.416 e. The number of alkyl halides is 3. The Balaban J connectivity index is 2.49. The lowest BCUT2D eigenvalue weighted by Crippen LogP contribution is -2.29. The number of rotatable bonds is 3. The van der Waals surface area contributed by atoms with Gasteiger partial charge in [0.25, 0.3) is 0 Å². The van der Waals surface area contributed by atoms with E-state index >= 15 is 0 Å². The molecule has 112 valence electrons. The zero-order valence-corrected chi connectivity index (χ0v) is 12.4. The van der Waals surface area contributed by atoms with Gasteiger partial charge in [0.05, 0.1) is 11.6 Å². The van der Waals surface area contributed by atoms with Gasteiger partial charge in [-0.2, -0.15) is 13.2 Å². The third-order valence-electron chi connectivity index (χ3n) is 3.07. The van der Waals surface area contributed by atoms with E-state index in [4.69, 9.17) is 11.6 Å². The van der Waals surface area contributed by atoms with Gasteiger partial charge in [-0.15, -0.1) is 0 Å². The fourth-order valence-corrected chi connectivity index (χ4v) is 2.43. The molecule has 7 heteroatoms. The second-order valence-electron chi connectivity index (χ2n) is 4.50. The highest BCUT2D eigenvalue weighted by Gasteiger charge is 2.31. The maximum atomic E-state index is 12.8. The molecule has 0 aliphatic carbocycles. The van der Waals surface area contributed by atoms with Gasteiger partial charge in [0, 0.05) is 10.2 Å². The summed E-state index contributed by atoms with van der Waals surface area (Å²) in [5.74, 6) is 5.51. The largest absolute Gasteiger partial charge is 0.416 e. The molecule has 2 aromatic rings. The summed E-state index contributed by atoms with van der Waals surface area (Å²) in [6.45, 7) is 0. The quantitative estimate of drug-likeness (QED) is 0.445. The first-order valence-electron chi connectivity index (χ1n) is 6.01. The summed E-state index contributed by atoms with van der Waals surface area (Å²) in [6.07, 6.45) is -4.40. The lowest BCUT2D eigenvalue weighted by Gasteiger charge is -2.20. The fraction of sp³-hybridized carbons (Fsp3) is 0.143. The second kappa shape index (κ2) is 6.05. The molecule has 0 amide bonds. The van der Waals surface area contributed by atoms with Crippen molar-refractivity contribution in [2.45, 2.75) is 12.2 Å². The molecule has 0 aliphatic heterocycles. The molecule has 0 aromatic heterocycles. The van der Waals surface area contributed by atoms with Crippen LogP contribution in [0.15, 0.2) is 46.9 Å². The molecule has 1 atom stereocenters. The zero-order chi connectivity index (χ0) is 15.6. The van der Waals surface area contributed by atoms with Gasteiger partial charge in [0.1, 0.15) is 0 Å². The van der Waals surface area contributed by atoms with Crippen LogP contribution in [0, 0.1) is 0 Å². The van der Waals surface area contributed by atoms with Crippen molar-refractivity contribution in [2.24, 2.45) is 5.84 Å². The molecule has 21 heavy (non-hydrogen) atoms. The van der Waals surface area contributed by atoms with E-state index in [0.29, 0.717) is 16.8 Å². The number of halogens is 4. The average Bonchev–Trinajstić information content (AvgIpc) is 2.43. The van der Waals surface area contributed by atoms with Crippen LogP contribution < -0.4 is 17.0 Å². The highest BCUT2D eigenvalue weighted by molar-refractivity contribution is 9.10. The Labute approximate surface area is 128 Å². The van der Waals surface area contributed by atoms with Crippen LogP contribution in [-0.2, 0) is 6.18 Å². The minimum Gasteiger partial charge on any atom is -0.398 e. The summed E-state index contributed by atoms with van der Waals surface area (Å²) in [4.78, 5) is 0. The van der Waals surface area contributed by atoms with Gasteiger partial charge >= 0.3 is 6.18 Å². The third-order valence-corrected chi connectivity index (χ3v) is 3.57. The summed E-state index contributed by atoms with van der Waals surface area (Å²) in [7, 11) is 0. The topological polar surface area (TPSA) is 64.1 Å². The Morgan fingerprint density at radius 2 is 1.81 bits per heavy atom. The third kappa shape index (κ3) is 3.55. The number of hydrazine groups is 1. The molecule has 0 spiro atoms. The van der Waals surface area contributed by atoms with Crippen molar-refractivity contribution >= 4 is 21.6 Å². The second-order valence-corrected chi connectivity index (χ2v) is 5.41. The number of hydrogen-bond donors (Lipinski definition) is 3. The standard InChI is InChI=1S/C14H13BrF3N3/c15-10-4-5-12(19)11(7-10)13(21-20)8-2-1-3-9(6-8)14(16,17)18/h1-7,13,21H,19-20H2. The summed E-state index contributed by atoms with van der Waals surface area (Å²) in [5, 5.41) is 0. The molecule has 2 aromatic carbocycles. The van der Waals surface area contributed by atoms with Gasteiger partial charge in [0.2, 0.25) is 0 Å². The summed E-state index contributed by atoms with van der Waals surface area (Å²) in [5.41, 5.74) is 9.11. The summed E-state index contributed by atoms with van der Waals surface area (Å²) >= 11 is 3.31. The monoisotopic (exact) mass is 359 g/mol. The lowest BCUT2D eigenvalue weighted by molar-refractivity contribution is -0.137. The smallest absolute Gasteiger partial charge is 0.398 e. The Kier molecular flexibility index (Phi) is 4.55. The predicted octanol–water partition coefficient (Wildman–Crippen LogP) is 3.60. The molecule has 0 radical (unpaired) electrons. The molecule has 5 N–H and O–H groups in total. The Hall–Kier alpha value is -1.57. The Morgan fingerprint density at radius 3 is 2.43 bits per heavy atom. The van der Waals surface area contributed by atoms with Crippen molar-refractivity contribution in [1.82, 2.24) is 5.43 Å². The molecule has 0 fully saturated rings. The van der Waals surface area contributed by atoms with Crippen molar-refractivity contribution in [3.8, 4) is 0 Å². The SMILES string of the molecule is NNC(c1cccc(C(F)(F)F)c1)c1cc(Br)ccc1N. The number of nitrogen functional groups attached to an aromatic ring is 1. The van der Waals surface area contributed by atoms with Crippen molar-refractivity contribution in [3.63, 3.8) is 0 Å². The normalized spacial score (nSPS) is 13.2. The highest BCUT2D eigenvalue weighted by Crippen LogP contribution is 2.33. The van der Waals surface area contributed by atoms with E-state index in [1.54, 1.807) is 24.3 Å². The minimum absolute atomic E-state index is 0.386. The van der Waals surface area contributed by atoms with Crippen LogP contribution in [0.1, 0.15) is 22.7 Å². The van der Waals surface area contributed by atoms with Crippen LogP contribution in [0.5, 0.6) is 0 Å². The van der Waals surface area contributed by atoms with Crippen LogP contribution in [0.25, 0.3) is 0 Å². The van der Waals surface area contributed by atoms with Gasteiger partial charge < -0.3 is 5.73 Å². The average molecular weight is 360 g/mol. The maximum absolute atomic E-state index is 12.8. The van der Waals surface area contributed by atoms with Crippen LogP contribution in [0.3, 0.4) is 0 Å². The van der Waals surface area contributed by atoms with E-state index in [0.717, 1.165) is 16.6 Å². The molecular weight excluding hydrogens is 347 g/mol. The first-order chi connectivity index (χ1) is 9.82. The zero-order valence-electron chi connectivity index (χ0n) is 10.8. The first-order valence-corrected chi connectivity index (χ1v) is 6.80. The van der Waals surface area contributed by atoms with E-state index < -0.39 is 17.8 Å². The Morgan fingerprint density at radius 1 is 1.10 bits per heavy atom. The van der Waals surface area contributed by atoms with Crippen molar-refractivity contribution < 1.29 is 13.2 Å². The van der Waals surface area contributed by atoms with Crippen LogP contribution >= 0.6 is 15.9 Å². The molecular formula is C14H13BrF3N3. The van der Waals surface area contributed by atoms with Crippen molar-refractivity contribution in [2.75, 3.05) is 5.73 Å². The number of hydrogen-bond acceptors (Lipinski definition) is 3. The highest BCUT2D eigenvalue weighted by atomic mass is 79.9. The van der Waals surface area contributed by atoms with E-state index in [1.165, 1.54) is 6.07 Å². The Bertz CT molecular complexity index is 644. The molecule has 0 saturated heterocycles.